The second-order valence-corrected chi connectivity index (χ2v) is 9.33. The fourth-order valence-electron chi connectivity index (χ4n) is 3.01. The van der Waals surface area contributed by atoms with Crippen LogP contribution in [0.25, 0.3) is 0 Å². The minimum absolute atomic E-state index is 0.0412. The summed E-state index contributed by atoms with van der Waals surface area (Å²) in [4.78, 5) is 24.8. The zero-order valence-corrected chi connectivity index (χ0v) is 19.0. The Hall–Kier alpha value is -3.20. The first-order valence-corrected chi connectivity index (χ1v) is 11.3. The van der Waals surface area contributed by atoms with Gasteiger partial charge in [0.15, 0.2) is 0 Å². The normalized spacial score (nSPS) is 11.2. The maximum Gasteiger partial charge on any atom is 0.339 e. The van der Waals surface area contributed by atoms with E-state index in [4.69, 9.17) is 16.3 Å². The number of rotatable bonds is 7. The summed E-state index contributed by atoms with van der Waals surface area (Å²) < 4.78 is 32.0. The molecule has 0 aliphatic carbocycles. The minimum atomic E-state index is -3.89. The first-order chi connectivity index (χ1) is 15.2. The molecule has 9 heteroatoms. The minimum Gasteiger partial charge on any atom is -0.465 e. The quantitative estimate of drug-likeness (QED) is 0.520. The molecule has 3 aromatic rings. The monoisotopic (exact) mass is 472 g/mol. The van der Waals surface area contributed by atoms with Crippen molar-refractivity contribution in [3.8, 4) is 0 Å². The Morgan fingerprint density at radius 2 is 1.62 bits per heavy atom. The van der Waals surface area contributed by atoms with Gasteiger partial charge in [-0.2, -0.15) is 4.31 Å². The number of hydrogen-bond acceptors (Lipinski definition) is 5. The number of para-hydroxylation sites is 1. The number of benzene rings is 3. The van der Waals surface area contributed by atoms with Crippen molar-refractivity contribution in [2.75, 3.05) is 19.5 Å². The second kappa shape index (κ2) is 9.95. The van der Waals surface area contributed by atoms with Crippen molar-refractivity contribution >= 4 is 39.2 Å². The third kappa shape index (κ3) is 5.16. The largest absolute Gasteiger partial charge is 0.465 e. The van der Waals surface area contributed by atoms with Crippen LogP contribution >= 0.6 is 11.6 Å². The summed E-state index contributed by atoms with van der Waals surface area (Å²) in [7, 11) is -1.19. The lowest BCUT2D eigenvalue weighted by atomic mass is 10.1. The lowest BCUT2D eigenvalue weighted by Crippen LogP contribution is -2.27. The first-order valence-electron chi connectivity index (χ1n) is 9.52. The van der Waals surface area contributed by atoms with E-state index >= 15 is 0 Å². The molecular weight excluding hydrogens is 452 g/mol. The number of nitrogens with zero attached hydrogens (tertiary/aromatic N) is 1. The van der Waals surface area contributed by atoms with E-state index in [0.29, 0.717) is 0 Å². The van der Waals surface area contributed by atoms with Crippen LogP contribution in [-0.2, 0) is 21.3 Å². The molecule has 0 unspecified atom stereocenters. The molecule has 32 heavy (non-hydrogen) atoms. The molecule has 0 spiro atoms. The van der Waals surface area contributed by atoms with Crippen LogP contribution in [0.5, 0.6) is 0 Å². The van der Waals surface area contributed by atoms with E-state index < -0.39 is 21.9 Å². The van der Waals surface area contributed by atoms with Crippen molar-refractivity contribution in [3.05, 3.63) is 94.5 Å². The van der Waals surface area contributed by atoms with Gasteiger partial charge in [0, 0.05) is 13.6 Å². The third-order valence-electron chi connectivity index (χ3n) is 4.72. The number of hydrogen-bond donors (Lipinski definition) is 1. The van der Waals surface area contributed by atoms with Crippen LogP contribution in [0.15, 0.2) is 77.7 Å². The lowest BCUT2D eigenvalue weighted by Gasteiger charge is -2.18. The summed E-state index contributed by atoms with van der Waals surface area (Å²) in [5.41, 5.74) is 1.16. The number of anilines is 1. The van der Waals surface area contributed by atoms with E-state index in [1.54, 1.807) is 12.1 Å². The molecule has 0 aliphatic rings. The molecule has 1 N–H and O–H groups in total. The molecule has 166 valence electrons. The summed E-state index contributed by atoms with van der Waals surface area (Å²) in [6, 6.07) is 19.4. The van der Waals surface area contributed by atoms with Crippen LogP contribution in [0, 0.1) is 0 Å². The molecule has 7 nitrogen and oxygen atoms in total. The zero-order chi connectivity index (χ0) is 23.3. The highest BCUT2D eigenvalue weighted by atomic mass is 35.5. The maximum atomic E-state index is 13.1. The van der Waals surface area contributed by atoms with E-state index in [1.165, 1.54) is 48.8 Å². The van der Waals surface area contributed by atoms with Gasteiger partial charge in [0.1, 0.15) is 0 Å². The fraction of sp³-hybridized carbons (Fsp3) is 0.130. The highest BCUT2D eigenvalue weighted by Crippen LogP contribution is 2.25. The topological polar surface area (TPSA) is 92.8 Å². The van der Waals surface area contributed by atoms with Gasteiger partial charge in [-0.05, 0) is 35.9 Å². The molecule has 1 amide bonds. The van der Waals surface area contributed by atoms with Gasteiger partial charge in [-0.25, -0.2) is 13.2 Å². The number of ether oxygens (including phenoxy) is 1. The van der Waals surface area contributed by atoms with E-state index in [2.05, 4.69) is 5.32 Å². The number of methoxy groups -OCH3 is 1. The van der Waals surface area contributed by atoms with E-state index in [0.717, 1.165) is 5.56 Å². The van der Waals surface area contributed by atoms with E-state index in [1.807, 2.05) is 30.3 Å². The van der Waals surface area contributed by atoms with Gasteiger partial charge in [-0.15, -0.1) is 0 Å². The number of nitrogens with one attached hydrogen (secondary N) is 1. The molecule has 0 aromatic heterocycles. The van der Waals surface area contributed by atoms with E-state index in [-0.39, 0.29) is 33.3 Å². The standard InChI is InChI=1S/C23H21ClN2O5S/c1-26(15-16-8-4-3-5-9-16)32(29,30)17-12-13-20(24)19(14-17)22(27)25-21-11-7-6-10-18(21)23(28)31-2/h3-14H,15H2,1-2H3,(H,25,27). The van der Waals surface area contributed by atoms with Gasteiger partial charge in [-0.1, -0.05) is 54.1 Å². The van der Waals surface area contributed by atoms with Crippen molar-refractivity contribution in [2.24, 2.45) is 0 Å². The van der Waals surface area contributed by atoms with Crippen LogP contribution < -0.4 is 5.32 Å². The Morgan fingerprint density at radius 1 is 0.969 bits per heavy atom. The zero-order valence-electron chi connectivity index (χ0n) is 17.4. The van der Waals surface area contributed by atoms with E-state index in [9.17, 15) is 18.0 Å². The van der Waals surface area contributed by atoms with Gasteiger partial charge in [-0.3, -0.25) is 4.79 Å². The highest BCUT2D eigenvalue weighted by molar-refractivity contribution is 7.89. The Balaban J connectivity index is 1.89. The van der Waals surface area contributed by atoms with Crippen molar-refractivity contribution in [1.82, 2.24) is 4.31 Å². The van der Waals surface area contributed by atoms with Crippen LogP contribution in [0.2, 0.25) is 5.02 Å². The molecule has 0 saturated carbocycles. The van der Waals surface area contributed by atoms with Crippen LogP contribution in [-0.4, -0.2) is 38.8 Å². The number of halogens is 1. The average molecular weight is 473 g/mol. The number of carbonyl (C=O) groups is 2. The second-order valence-electron chi connectivity index (χ2n) is 6.88. The predicted molar refractivity (Wildman–Crippen MR) is 122 cm³/mol. The molecule has 0 aliphatic heterocycles. The summed E-state index contributed by atoms with van der Waals surface area (Å²) in [5, 5.41) is 2.67. The van der Waals surface area contributed by atoms with Gasteiger partial charge in [0.25, 0.3) is 5.91 Å². The predicted octanol–water partition coefficient (Wildman–Crippen LogP) is 4.20. The molecule has 0 radical (unpaired) electrons. The smallest absolute Gasteiger partial charge is 0.339 e. The van der Waals surface area contributed by atoms with Crippen LogP contribution in [0.1, 0.15) is 26.3 Å². The summed E-state index contributed by atoms with van der Waals surface area (Å²) >= 11 is 6.19. The maximum absolute atomic E-state index is 13.1. The van der Waals surface area contributed by atoms with Gasteiger partial charge >= 0.3 is 5.97 Å². The SMILES string of the molecule is COC(=O)c1ccccc1NC(=O)c1cc(S(=O)(=O)N(C)Cc2ccccc2)ccc1Cl. The van der Waals surface area contributed by atoms with Crippen molar-refractivity contribution < 1.29 is 22.7 Å². The number of esters is 1. The molecule has 0 bridgehead atoms. The summed E-state index contributed by atoms with van der Waals surface area (Å²) in [5.74, 6) is -1.28. The average Bonchev–Trinajstić information content (AvgIpc) is 2.79. The first kappa shape index (κ1) is 23.5. The van der Waals surface area contributed by atoms with Gasteiger partial charge < -0.3 is 10.1 Å². The van der Waals surface area contributed by atoms with Crippen LogP contribution in [0.4, 0.5) is 5.69 Å². The Labute approximate surface area is 191 Å². The molecule has 0 heterocycles. The van der Waals surface area contributed by atoms with Crippen molar-refractivity contribution in [3.63, 3.8) is 0 Å². The van der Waals surface area contributed by atoms with Crippen molar-refractivity contribution in [1.29, 1.82) is 0 Å². The van der Waals surface area contributed by atoms with Gasteiger partial charge in [0.05, 0.1) is 33.8 Å². The number of carbonyl (C=O) groups excluding carboxylic acids is 2. The summed E-state index contributed by atoms with van der Waals surface area (Å²) in [6.45, 7) is 0.167. The Kier molecular flexibility index (Phi) is 7.29. The molecule has 3 rings (SSSR count). The van der Waals surface area contributed by atoms with Gasteiger partial charge in [0.2, 0.25) is 10.0 Å². The highest BCUT2D eigenvalue weighted by Gasteiger charge is 2.24. The molecule has 0 atom stereocenters. The number of sulfonamides is 1. The Morgan fingerprint density at radius 3 is 2.31 bits per heavy atom. The molecule has 3 aromatic carbocycles. The summed E-state index contributed by atoms with van der Waals surface area (Å²) in [6.07, 6.45) is 0. The molecular formula is C23H21ClN2O5S. The molecule has 0 fully saturated rings. The Bertz CT molecular complexity index is 1250. The fourth-order valence-corrected chi connectivity index (χ4v) is 4.40. The van der Waals surface area contributed by atoms with Crippen LogP contribution in [0.3, 0.4) is 0 Å². The molecule has 0 saturated heterocycles. The third-order valence-corrected chi connectivity index (χ3v) is 6.85. The van der Waals surface area contributed by atoms with Crippen molar-refractivity contribution in [2.45, 2.75) is 11.4 Å². The lowest BCUT2D eigenvalue weighted by molar-refractivity contribution is 0.0602. The number of amides is 1.